The molecule has 0 radical (unpaired) electrons. The summed E-state index contributed by atoms with van der Waals surface area (Å²) in [5.74, 6) is -0.259. The number of amides is 1. The molecule has 1 N–H and O–H groups in total. The number of benzene rings is 2. The molecule has 0 aliphatic rings. The first-order chi connectivity index (χ1) is 15.8. The maximum Gasteiger partial charge on any atom is 0.264 e. The van der Waals surface area contributed by atoms with E-state index in [4.69, 9.17) is 0 Å². The zero-order valence-corrected chi connectivity index (χ0v) is 18.8. The van der Waals surface area contributed by atoms with Crippen molar-refractivity contribution in [3.63, 3.8) is 0 Å². The molecule has 33 heavy (non-hydrogen) atoms. The molecule has 8 heteroatoms. The summed E-state index contributed by atoms with van der Waals surface area (Å²) in [4.78, 5) is 41.1. The average molecular weight is 444 g/mol. The highest BCUT2D eigenvalue weighted by molar-refractivity contribution is 5.96. The summed E-state index contributed by atoms with van der Waals surface area (Å²) >= 11 is 0. The van der Waals surface area contributed by atoms with E-state index in [0.717, 1.165) is 22.4 Å². The SMILES string of the molecule is CC(=O)NCCc1ccc(C(=O)Cn2cnc3c(cnn3-c3cc(C)cc(C)c3)c2=O)cc1. The molecule has 2 aromatic carbocycles. The maximum absolute atomic E-state index is 13.0. The highest BCUT2D eigenvalue weighted by Crippen LogP contribution is 2.17. The van der Waals surface area contributed by atoms with Crippen molar-refractivity contribution in [3.8, 4) is 5.69 Å². The maximum atomic E-state index is 13.0. The number of aromatic nitrogens is 4. The Labute approximate surface area is 190 Å². The van der Waals surface area contributed by atoms with E-state index >= 15 is 0 Å². The zero-order chi connectivity index (χ0) is 23.5. The molecule has 0 saturated heterocycles. The fourth-order valence-corrected chi connectivity index (χ4v) is 3.81. The van der Waals surface area contributed by atoms with Crippen LogP contribution >= 0.6 is 0 Å². The van der Waals surface area contributed by atoms with E-state index in [-0.39, 0.29) is 23.8 Å². The molecule has 0 bridgehead atoms. The van der Waals surface area contributed by atoms with Crippen molar-refractivity contribution in [1.82, 2.24) is 24.6 Å². The van der Waals surface area contributed by atoms with E-state index in [1.165, 1.54) is 24.0 Å². The van der Waals surface area contributed by atoms with Gasteiger partial charge in [0.1, 0.15) is 11.7 Å². The number of Topliss-reactive ketones (excluding diaryl/α,β-unsaturated/α-hetero) is 1. The molecule has 1 amide bonds. The lowest BCUT2D eigenvalue weighted by molar-refractivity contribution is -0.118. The summed E-state index contributed by atoms with van der Waals surface area (Å²) in [6.07, 6.45) is 3.57. The molecule has 0 aliphatic carbocycles. The molecule has 4 aromatic rings. The van der Waals surface area contributed by atoms with E-state index < -0.39 is 0 Å². The Hall–Kier alpha value is -4.07. The minimum Gasteiger partial charge on any atom is -0.356 e. The highest BCUT2D eigenvalue weighted by Gasteiger charge is 2.14. The number of nitrogens with zero attached hydrogens (tertiary/aromatic N) is 4. The molecular formula is C25H25N5O3. The first-order valence-electron chi connectivity index (χ1n) is 10.7. The lowest BCUT2D eigenvalue weighted by Crippen LogP contribution is -2.24. The van der Waals surface area contributed by atoms with Crippen molar-refractivity contribution in [2.24, 2.45) is 0 Å². The number of carbonyl (C=O) groups is 2. The molecular weight excluding hydrogens is 418 g/mol. The number of carbonyl (C=O) groups excluding carboxylic acids is 2. The molecule has 2 heterocycles. The minimum atomic E-state index is -0.309. The van der Waals surface area contributed by atoms with Crippen LogP contribution in [0.5, 0.6) is 0 Å². The van der Waals surface area contributed by atoms with Crippen molar-refractivity contribution in [1.29, 1.82) is 0 Å². The molecule has 168 valence electrons. The summed E-state index contributed by atoms with van der Waals surface area (Å²) in [6, 6.07) is 13.2. The van der Waals surface area contributed by atoms with Gasteiger partial charge in [-0.15, -0.1) is 0 Å². The molecule has 0 aliphatic heterocycles. The smallest absolute Gasteiger partial charge is 0.264 e. The van der Waals surface area contributed by atoms with Crippen LogP contribution in [0, 0.1) is 13.8 Å². The Morgan fingerprint density at radius 1 is 1.03 bits per heavy atom. The van der Waals surface area contributed by atoms with Gasteiger partial charge in [0.15, 0.2) is 11.4 Å². The van der Waals surface area contributed by atoms with E-state index in [2.05, 4.69) is 21.5 Å². The Morgan fingerprint density at radius 2 is 1.73 bits per heavy atom. The van der Waals surface area contributed by atoms with E-state index in [1.807, 2.05) is 38.1 Å². The van der Waals surface area contributed by atoms with Crippen molar-refractivity contribution in [2.75, 3.05) is 6.54 Å². The van der Waals surface area contributed by atoms with Crippen LogP contribution < -0.4 is 10.9 Å². The summed E-state index contributed by atoms with van der Waals surface area (Å²) in [6.45, 7) is 5.92. The fourth-order valence-electron chi connectivity index (χ4n) is 3.81. The standard InChI is InChI=1S/C25H25N5O3/c1-16-10-17(2)12-21(11-16)30-24-22(13-28-30)25(33)29(15-27-24)14-23(32)20-6-4-19(5-7-20)8-9-26-18(3)31/h4-7,10-13,15H,8-9,14H2,1-3H3,(H,26,31). The van der Waals surface area contributed by atoms with Gasteiger partial charge < -0.3 is 5.32 Å². The summed E-state index contributed by atoms with van der Waals surface area (Å²) < 4.78 is 2.95. The minimum absolute atomic E-state index is 0.0719. The van der Waals surface area contributed by atoms with Crippen LogP contribution in [-0.2, 0) is 17.8 Å². The molecule has 2 aromatic heterocycles. The van der Waals surface area contributed by atoms with Gasteiger partial charge in [0.2, 0.25) is 5.91 Å². The van der Waals surface area contributed by atoms with E-state index in [1.54, 1.807) is 16.8 Å². The number of nitrogens with one attached hydrogen (secondary N) is 1. The van der Waals surface area contributed by atoms with Crippen molar-refractivity contribution in [3.05, 3.63) is 87.6 Å². The fraction of sp³-hybridized carbons (Fsp3) is 0.240. The van der Waals surface area contributed by atoms with E-state index in [0.29, 0.717) is 29.6 Å². The number of fused-ring (bicyclic) bond motifs is 1. The van der Waals surface area contributed by atoms with Crippen molar-refractivity contribution >= 4 is 22.7 Å². The molecule has 4 rings (SSSR count). The Balaban J connectivity index is 1.53. The van der Waals surface area contributed by atoms with Gasteiger partial charge >= 0.3 is 0 Å². The lowest BCUT2D eigenvalue weighted by Gasteiger charge is -2.08. The van der Waals surface area contributed by atoms with Gasteiger partial charge in [-0.05, 0) is 49.1 Å². The Bertz CT molecular complexity index is 1380. The number of hydrogen-bond acceptors (Lipinski definition) is 5. The number of aryl methyl sites for hydroxylation is 2. The second-order valence-corrected chi connectivity index (χ2v) is 8.17. The summed E-state index contributed by atoms with van der Waals surface area (Å²) in [5, 5.41) is 7.47. The molecule has 0 spiro atoms. The van der Waals surface area contributed by atoms with Crippen molar-refractivity contribution < 1.29 is 9.59 Å². The largest absolute Gasteiger partial charge is 0.356 e. The summed E-state index contributed by atoms with van der Waals surface area (Å²) in [7, 11) is 0. The number of ketones is 1. The summed E-state index contributed by atoms with van der Waals surface area (Å²) in [5.41, 5.74) is 4.69. The van der Waals surface area contributed by atoms with Crippen LogP contribution in [-0.4, -0.2) is 37.6 Å². The van der Waals surface area contributed by atoms with Crippen molar-refractivity contribution in [2.45, 2.75) is 33.7 Å². The number of rotatable bonds is 7. The molecule has 0 saturated carbocycles. The second kappa shape index (κ2) is 9.20. The third kappa shape index (κ3) is 4.90. The van der Waals surface area contributed by atoms with Crippen LogP contribution in [0.15, 0.2) is 59.8 Å². The predicted octanol–water partition coefficient (Wildman–Crippen LogP) is 2.76. The van der Waals surface area contributed by atoms with Gasteiger partial charge in [0.25, 0.3) is 5.56 Å². The van der Waals surface area contributed by atoms with Gasteiger partial charge in [-0.3, -0.25) is 19.0 Å². The van der Waals surface area contributed by atoms with Gasteiger partial charge in [-0.2, -0.15) is 5.10 Å². The van der Waals surface area contributed by atoms with E-state index in [9.17, 15) is 14.4 Å². The highest BCUT2D eigenvalue weighted by atomic mass is 16.1. The normalized spacial score (nSPS) is 11.0. The third-order valence-corrected chi connectivity index (χ3v) is 5.38. The van der Waals surface area contributed by atoms with Crippen LogP contribution in [0.25, 0.3) is 16.7 Å². The van der Waals surface area contributed by atoms with Crippen LogP contribution in [0.1, 0.15) is 34.0 Å². The van der Waals surface area contributed by atoms with Gasteiger partial charge in [0, 0.05) is 19.0 Å². The molecule has 0 fully saturated rings. The van der Waals surface area contributed by atoms with Gasteiger partial charge in [0.05, 0.1) is 18.4 Å². The number of hydrogen-bond donors (Lipinski definition) is 1. The molecule has 0 unspecified atom stereocenters. The third-order valence-electron chi connectivity index (χ3n) is 5.38. The monoisotopic (exact) mass is 443 g/mol. The first-order valence-corrected chi connectivity index (χ1v) is 10.7. The van der Waals surface area contributed by atoms with Crippen LogP contribution in [0.3, 0.4) is 0 Å². The first kappa shape index (κ1) is 22.1. The Morgan fingerprint density at radius 3 is 2.39 bits per heavy atom. The second-order valence-electron chi connectivity index (χ2n) is 8.17. The topological polar surface area (TPSA) is 98.9 Å². The lowest BCUT2D eigenvalue weighted by atomic mass is 10.1. The molecule has 8 nitrogen and oxygen atoms in total. The molecule has 0 atom stereocenters. The zero-order valence-electron chi connectivity index (χ0n) is 18.8. The Kier molecular flexibility index (Phi) is 6.17. The predicted molar refractivity (Wildman–Crippen MR) is 126 cm³/mol. The van der Waals surface area contributed by atoms with Gasteiger partial charge in [-0.25, -0.2) is 9.67 Å². The quantitative estimate of drug-likeness (QED) is 0.443. The average Bonchev–Trinajstić information content (AvgIpc) is 3.20. The van der Waals surface area contributed by atoms with Crippen LogP contribution in [0.2, 0.25) is 0 Å². The van der Waals surface area contributed by atoms with Crippen LogP contribution in [0.4, 0.5) is 0 Å². The van der Waals surface area contributed by atoms with Gasteiger partial charge in [-0.1, -0.05) is 30.3 Å².